The molecule has 0 fully saturated rings. The summed E-state index contributed by atoms with van der Waals surface area (Å²) in [5.74, 6) is -1.06. The molecule has 2 unspecified atom stereocenters. The Balaban J connectivity index is 2.80. The molecule has 0 aliphatic carbocycles. The van der Waals surface area contributed by atoms with Crippen molar-refractivity contribution in [3.63, 3.8) is 0 Å². The van der Waals surface area contributed by atoms with Gasteiger partial charge in [0.15, 0.2) is 0 Å². The van der Waals surface area contributed by atoms with Crippen LogP contribution in [0.1, 0.15) is 25.8 Å². The van der Waals surface area contributed by atoms with Crippen molar-refractivity contribution in [3.8, 4) is 0 Å². The van der Waals surface area contributed by atoms with E-state index in [0.29, 0.717) is 6.42 Å². The molecular weight excluding hydrogens is 268 g/mol. The van der Waals surface area contributed by atoms with Gasteiger partial charge in [-0.3, -0.25) is 4.79 Å². The van der Waals surface area contributed by atoms with Gasteiger partial charge in [-0.1, -0.05) is 44.2 Å². The Morgan fingerprint density at radius 1 is 1.24 bits per heavy atom. The van der Waals surface area contributed by atoms with E-state index >= 15 is 0 Å². The molecule has 116 valence electrons. The van der Waals surface area contributed by atoms with Gasteiger partial charge in [0.2, 0.25) is 5.91 Å². The lowest BCUT2D eigenvalue weighted by molar-refractivity contribution is -0.149. The van der Waals surface area contributed by atoms with Crippen molar-refractivity contribution in [2.24, 2.45) is 11.7 Å². The molecule has 1 aromatic rings. The molecule has 0 aliphatic heterocycles. The van der Waals surface area contributed by atoms with Crippen LogP contribution in [0.25, 0.3) is 0 Å². The highest BCUT2D eigenvalue weighted by Crippen LogP contribution is 2.12. The van der Waals surface area contributed by atoms with Gasteiger partial charge in [0.1, 0.15) is 6.04 Å². The molecule has 0 saturated heterocycles. The Hall–Kier alpha value is -1.88. The lowest BCUT2D eigenvalue weighted by atomic mass is 10.0. The molecule has 5 heteroatoms. The van der Waals surface area contributed by atoms with Crippen LogP contribution < -0.4 is 5.73 Å². The topological polar surface area (TPSA) is 83.6 Å². The molecule has 0 heterocycles. The van der Waals surface area contributed by atoms with Gasteiger partial charge >= 0.3 is 5.97 Å². The van der Waals surface area contributed by atoms with Gasteiger partial charge in [-0.25, -0.2) is 4.79 Å². The van der Waals surface area contributed by atoms with Crippen molar-refractivity contribution in [3.05, 3.63) is 35.9 Å². The molecular formula is C16H24N2O3. The monoisotopic (exact) mass is 292 g/mol. The number of hydrogen-bond acceptors (Lipinski definition) is 3. The molecule has 0 aliphatic rings. The minimum Gasteiger partial charge on any atom is -0.480 e. The van der Waals surface area contributed by atoms with Crippen LogP contribution in [0.15, 0.2) is 30.3 Å². The molecule has 5 nitrogen and oxygen atoms in total. The van der Waals surface area contributed by atoms with E-state index in [1.54, 1.807) is 0 Å². The van der Waals surface area contributed by atoms with E-state index in [9.17, 15) is 14.7 Å². The standard InChI is InChI=1S/C16H24N2O3/c1-11(2)9-13(17)15(19)18(3)14(16(20)21)10-12-7-5-4-6-8-12/h4-8,11,13-14H,9-10,17H2,1-3H3,(H,20,21). The first-order chi connectivity index (χ1) is 9.82. The Morgan fingerprint density at radius 3 is 2.29 bits per heavy atom. The normalized spacial score (nSPS) is 13.8. The van der Waals surface area contributed by atoms with E-state index in [1.807, 2.05) is 44.2 Å². The maximum absolute atomic E-state index is 12.3. The fourth-order valence-corrected chi connectivity index (χ4v) is 2.25. The first-order valence-electron chi connectivity index (χ1n) is 7.12. The largest absolute Gasteiger partial charge is 0.480 e. The predicted molar refractivity (Wildman–Crippen MR) is 81.8 cm³/mol. The van der Waals surface area contributed by atoms with E-state index in [1.165, 1.54) is 11.9 Å². The minimum absolute atomic E-state index is 0.271. The van der Waals surface area contributed by atoms with Gasteiger partial charge in [0.25, 0.3) is 0 Å². The number of aliphatic carboxylic acids is 1. The molecule has 0 aromatic heterocycles. The van der Waals surface area contributed by atoms with Gasteiger partial charge in [0, 0.05) is 13.5 Å². The van der Waals surface area contributed by atoms with Crippen LogP contribution in [-0.2, 0) is 16.0 Å². The Labute approximate surface area is 125 Å². The Kier molecular flexibility index (Phi) is 6.37. The van der Waals surface area contributed by atoms with E-state index in [2.05, 4.69) is 0 Å². The number of nitrogens with two attached hydrogens (primary N) is 1. The van der Waals surface area contributed by atoms with Crippen molar-refractivity contribution in [1.82, 2.24) is 4.90 Å². The number of nitrogens with zero attached hydrogens (tertiary/aromatic N) is 1. The number of carboxylic acids is 1. The SMILES string of the molecule is CC(C)CC(N)C(=O)N(C)C(Cc1ccccc1)C(=O)O. The summed E-state index contributed by atoms with van der Waals surface area (Å²) in [7, 11) is 1.50. The van der Waals surface area contributed by atoms with Crippen molar-refractivity contribution < 1.29 is 14.7 Å². The summed E-state index contributed by atoms with van der Waals surface area (Å²) >= 11 is 0. The summed E-state index contributed by atoms with van der Waals surface area (Å²) < 4.78 is 0. The summed E-state index contributed by atoms with van der Waals surface area (Å²) in [6.45, 7) is 3.96. The molecule has 21 heavy (non-hydrogen) atoms. The summed E-state index contributed by atoms with van der Waals surface area (Å²) in [6.07, 6.45) is 0.813. The molecule has 0 bridgehead atoms. The number of benzene rings is 1. The predicted octanol–water partition coefficient (Wildman–Crippen LogP) is 1.51. The van der Waals surface area contributed by atoms with Gasteiger partial charge in [-0.05, 0) is 17.9 Å². The summed E-state index contributed by atoms with van der Waals surface area (Å²) in [4.78, 5) is 25.0. The van der Waals surface area contributed by atoms with Gasteiger partial charge in [-0.15, -0.1) is 0 Å². The number of amides is 1. The Bertz CT molecular complexity index is 474. The van der Waals surface area contributed by atoms with Crippen molar-refractivity contribution >= 4 is 11.9 Å². The molecule has 1 amide bonds. The van der Waals surface area contributed by atoms with Gasteiger partial charge in [-0.2, -0.15) is 0 Å². The van der Waals surface area contributed by atoms with E-state index in [0.717, 1.165) is 5.56 Å². The average molecular weight is 292 g/mol. The van der Waals surface area contributed by atoms with Crippen molar-refractivity contribution in [2.45, 2.75) is 38.8 Å². The highest BCUT2D eigenvalue weighted by Gasteiger charge is 2.29. The molecule has 3 N–H and O–H groups in total. The van der Waals surface area contributed by atoms with E-state index in [-0.39, 0.29) is 18.2 Å². The molecule has 1 aromatic carbocycles. The van der Waals surface area contributed by atoms with Crippen LogP contribution in [0.3, 0.4) is 0 Å². The number of hydrogen-bond donors (Lipinski definition) is 2. The summed E-state index contributed by atoms with van der Waals surface area (Å²) in [6, 6.07) is 7.70. The maximum atomic E-state index is 12.3. The maximum Gasteiger partial charge on any atom is 0.326 e. The first-order valence-corrected chi connectivity index (χ1v) is 7.12. The Morgan fingerprint density at radius 2 is 1.81 bits per heavy atom. The van der Waals surface area contributed by atoms with Crippen LogP contribution in [0.5, 0.6) is 0 Å². The second-order valence-corrected chi connectivity index (χ2v) is 5.73. The second-order valence-electron chi connectivity index (χ2n) is 5.73. The number of carboxylic acid groups (broad SMARTS) is 1. The zero-order valence-electron chi connectivity index (χ0n) is 12.8. The number of likely N-dealkylation sites (N-methyl/N-ethyl adjacent to an activating group) is 1. The fourth-order valence-electron chi connectivity index (χ4n) is 2.25. The van der Waals surface area contributed by atoms with Crippen LogP contribution in [-0.4, -0.2) is 41.0 Å². The minimum atomic E-state index is -1.02. The number of rotatable bonds is 7. The first kappa shape index (κ1) is 17.2. The van der Waals surface area contributed by atoms with E-state index in [4.69, 9.17) is 5.73 Å². The molecule has 1 rings (SSSR count). The molecule has 0 radical (unpaired) electrons. The average Bonchev–Trinajstić information content (AvgIpc) is 2.43. The molecule has 2 atom stereocenters. The van der Waals surface area contributed by atoms with Crippen molar-refractivity contribution in [1.29, 1.82) is 0 Å². The fraction of sp³-hybridized carbons (Fsp3) is 0.500. The smallest absolute Gasteiger partial charge is 0.326 e. The van der Waals surface area contributed by atoms with Crippen LogP contribution in [0.2, 0.25) is 0 Å². The lowest BCUT2D eigenvalue weighted by Gasteiger charge is -2.28. The third-order valence-electron chi connectivity index (χ3n) is 3.41. The van der Waals surface area contributed by atoms with Crippen LogP contribution >= 0.6 is 0 Å². The zero-order chi connectivity index (χ0) is 16.0. The third-order valence-corrected chi connectivity index (χ3v) is 3.41. The van der Waals surface area contributed by atoms with E-state index < -0.39 is 18.1 Å². The highest BCUT2D eigenvalue weighted by atomic mass is 16.4. The number of carbonyl (C=O) groups excluding carboxylic acids is 1. The highest BCUT2D eigenvalue weighted by molar-refractivity contribution is 5.86. The summed E-state index contributed by atoms with van der Waals surface area (Å²) in [5, 5.41) is 9.38. The van der Waals surface area contributed by atoms with Crippen LogP contribution in [0, 0.1) is 5.92 Å². The molecule has 0 spiro atoms. The van der Waals surface area contributed by atoms with Crippen molar-refractivity contribution in [2.75, 3.05) is 7.05 Å². The zero-order valence-corrected chi connectivity index (χ0v) is 12.8. The van der Waals surface area contributed by atoms with Crippen LogP contribution in [0.4, 0.5) is 0 Å². The quantitative estimate of drug-likeness (QED) is 0.798. The molecule has 0 saturated carbocycles. The lowest BCUT2D eigenvalue weighted by Crippen LogP contribution is -2.50. The third kappa shape index (κ3) is 5.19. The van der Waals surface area contributed by atoms with Gasteiger partial charge in [0.05, 0.1) is 6.04 Å². The second kappa shape index (κ2) is 7.78. The number of carbonyl (C=O) groups is 2. The van der Waals surface area contributed by atoms with Gasteiger partial charge < -0.3 is 15.7 Å². The summed E-state index contributed by atoms with van der Waals surface area (Å²) in [5.41, 5.74) is 6.74.